The van der Waals surface area contributed by atoms with Crippen LogP contribution in [0.2, 0.25) is 0 Å². The summed E-state index contributed by atoms with van der Waals surface area (Å²) in [6.45, 7) is 7.70. The molecule has 0 saturated carbocycles. The average molecular weight is 226 g/mol. The van der Waals surface area contributed by atoms with E-state index >= 15 is 0 Å². The van der Waals surface area contributed by atoms with Gasteiger partial charge in [-0.1, -0.05) is 13.8 Å². The summed E-state index contributed by atoms with van der Waals surface area (Å²) in [5, 5.41) is 5.31. The van der Waals surface area contributed by atoms with Crippen molar-refractivity contribution < 1.29 is 14.3 Å². The number of carbonyl (C=O) groups is 2. The second kappa shape index (κ2) is 5.01. The number of carbonyl (C=O) groups excluding carboxylic acids is 2. The topological polar surface area (TPSA) is 67.4 Å². The van der Waals surface area contributed by atoms with Gasteiger partial charge >= 0.3 is 12.0 Å². The molecule has 1 aliphatic heterocycles. The van der Waals surface area contributed by atoms with Crippen molar-refractivity contribution in [3.63, 3.8) is 0 Å². The van der Waals surface area contributed by atoms with Crippen LogP contribution in [-0.4, -0.2) is 24.6 Å². The Bertz CT molecular complexity index is 334. The van der Waals surface area contributed by atoms with Gasteiger partial charge in [-0.25, -0.2) is 9.59 Å². The van der Waals surface area contributed by atoms with Gasteiger partial charge in [-0.05, 0) is 19.8 Å². The first-order valence-corrected chi connectivity index (χ1v) is 5.46. The number of allylic oxidation sites excluding steroid dienone is 1. The van der Waals surface area contributed by atoms with Gasteiger partial charge in [0.25, 0.3) is 0 Å². The highest BCUT2D eigenvalue weighted by Gasteiger charge is 2.30. The van der Waals surface area contributed by atoms with Gasteiger partial charge in [0.2, 0.25) is 0 Å². The minimum absolute atomic E-state index is 0.0768. The van der Waals surface area contributed by atoms with Crippen LogP contribution >= 0.6 is 0 Å². The molecule has 0 aliphatic carbocycles. The van der Waals surface area contributed by atoms with Crippen molar-refractivity contribution >= 4 is 12.0 Å². The lowest BCUT2D eigenvalue weighted by atomic mass is 9.97. The number of ether oxygens (including phenoxy) is 1. The van der Waals surface area contributed by atoms with Crippen LogP contribution in [0.4, 0.5) is 4.79 Å². The van der Waals surface area contributed by atoms with E-state index in [1.807, 2.05) is 13.8 Å². The van der Waals surface area contributed by atoms with Crippen LogP contribution in [0.15, 0.2) is 11.3 Å². The van der Waals surface area contributed by atoms with Crippen LogP contribution in [0.5, 0.6) is 0 Å². The van der Waals surface area contributed by atoms with Crippen molar-refractivity contribution in [1.29, 1.82) is 0 Å². The second-order valence-electron chi connectivity index (χ2n) is 4.02. The van der Waals surface area contributed by atoms with Crippen molar-refractivity contribution in [2.24, 2.45) is 5.92 Å². The smallest absolute Gasteiger partial charge is 0.337 e. The Kier molecular flexibility index (Phi) is 3.93. The first-order valence-electron chi connectivity index (χ1n) is 5.46. The molecule has 0 bridgehead atoms. The molecule has 0 aromatic heterocycles. The Morgan fingerprint density at radius 1 is 1.50 bits per heavy atom. The Morgan fingerprint density at radius 2 is 2.12 bits per heavy atom. The highest BCUT2D eigenvalue weighted by atomic mass is 16.5. The number of nitrogens with one attached hydrogen (secondary N) is 2. The number of esters is 1. The number of urea groups is 1. The maximum Gasteiger partial charge on any atom is 0.337 e. The molecule has 0 radical (unpaired) electrons. The summed E-state index contributed by atoms with van der Waals surface area (Å²) < 4.78 is 4.98. The zero-order chi connectivity index (χ0) is 12.3. The van der Waals surface area contributed by atoms with E-state index in [9.17, 15) is 9.59 Å². The predicted molar refractivity (Wildman–Crippen MR) is 59.6 cm³/mol. The van der Waals surface area contributed by atoms with Crippen molar-refractivity contribution in [1.82, 2.24) is 10.6 Å². The number of hydrogen-bond acceptors (Lipinski definition) is 3. The maximum atomic E-state index is 11.8. The molecule has 0 aromatic carbocycles. The Hall–Kier alpha value is -1.52. The van der Waals surface area contributed by atoms with Gasteiger partial charge in [-0.15, -0.1) is 0 Å². The highest BCUT2D eigenvalue weighted by molar-refractivity contribution is 5.94. The minimum Gasteiger partial charge on any atom is -0.463 e. The predicted octanol–water partition coefficient (Wildman–Crippen LogP) is 1.16. The Labute approximate surface area is 95.2 Å². The summed E-state index contributed by atoms with van der Waals surface area (Å²) in [4.78, 5) is 23.1. The molecule has 1 unspecified atom stereocenters. The molecule has 90 valence electrons. The van der Waals surface area contributed by atoms with E-state index in [0.717, 1.165) is 0 Å². The zero-order valence-electron chi connectivity index (χ0n) is 10.1. The third kappa shape index (κ3) is 2.53. The SMILES string of the molecule is CCOC(=O)C1=C(C(C)C)NC(=O)NC1C. The van der Waals surface area contributed by atoms with Crippen molar-refractivity contribution in [2.75, 3.05) is 6.61 Å². The van der Waals surface area contributed by atoms with Crippen molar-refractivity contribution in [2.45, 2.75) is 33.7 Å². The lowest BCUT2D eigenvalue weighted by Gasteiger charge is -2.28. The third-order valence-electron chi connectivity index (χ3n) is 2.39. The third-order valence-corrected chi connectivity index (χ3v) is 2.39. The molecule has 2 N–H and O–H groups in total. The molecule has 1 rings (SSSR count). The zero-order valence-corrected chi connectivity index (χ0v) is 10.1. The quantitative estimate of drug-likeness (QED) is 0.710. The Morgan fingerprint density at radius 3 is 2.62 bits per heavy atom. The fourth-order valence-electron chi connectivity index (χ4n) is 1.68. The van der Waals surface area contributed by atoms with E-state index in [-0.39, 0.29) is 24.0 Å². The number of rotatable bonds is 3. The molecular formula is C11H18N2O3. The van der Waals surface area contributed by atoms with Gasteiger partial charge in [0.15, 0.2) is 0 Å². The van der Waals surface area contributed by atoms with E-state index in [4.69, 9.17) is 4.74 Å². The molecule has 0 spiro atoms. The molecule has 1 atom stereocenters. The van der Waals surface area contributed by atoms with Gasteiger partial charge in [-0.3, -0.25) is 0 Å². The van der Waals surface area contributed by atoms with Crippen LogP contribution in [0, 0.1) is 5.92 Å². The number of amides is 2. The molecule has 5 heteroatoms. The normalized spacial score (nSPS) is 20.6. The summed E-state index contributed by atoms with van der Waals surface area (Å²) in [6, 6.07) is -0.588. The molecule has 1 heterocycles. The van der Waals surface area contributed by atoms with E-state index in [1.165, 1.54) is 0 Å². The molecule has 0 saturated heterocycles. The summed E-state index contributed by atoms with van der Waals surface area (Å²) in [5.74, 6) is -0.292. The van der Waals surface area contributed by atoms with E-state index in [0.29, 0.717) is 17.9 Å². The second-order valence-corrected chi connectivity index (χ2v) is 4.02. The fourth-order valence-corrected chi connectivity index (χ4v) is 1.68. The molecule has 2 amide bonds. The number of hydrogen-bond donors (Lipinski definition) is 2. The van der Waals surface area contributed by atoms with Crippen LogP contribution in [-0.2, 0) is 9.53 Å². The maximum absolute atomic E-state index is 11.8. The average Bonchev–Trinajstić information content (AvgIpc) is 2.16. The standard InChI is InChI=1S/C11H18N2O3/c1-5-16-10(14)8-7(4)12-11(15)13-9(8)6(2)3/h6-7H,5H2,1-4H3,(H2,12,13,15). The van der Waals surface area contributed by atoms with E-state index in [2.05, 4.69) is 10.6 Å². The van der Waals surface area contributed by atoms with E-state index < -0.39 is 0 Å². The molecule has 1 aliphatic rings. The van der Waals surface area contributed by atoms with Gasteiger partial charge in [0, 0.05) is 5.70 Å². The minimum atomic E-state index is -0.369. The first-order chi connectivity index (χ1) is 7.47. The molecule has 5 nitrogen and oxygen atoms in total. The highest BCUT2D eigenvalue weighted by Crippen LogP contribution is 2.19. The molecule has 16 heavy (non-hydrogen) atoms. The Balaban J connectivity index is 3.08. The van der Waals surface area contributed by atoms with Gasteiger partial charge in [0.1, 0.15) is 0 Å². The molecular weight excluding hydrogens is 208 g/mol. The largest absolute Gasteiger partial charge is 0.463 e. The van der Waals surface area contributed by atoms with Crippen molar-refractivity contribution in [3.05, 3.63) is 11.3 Å². The van der Waals surface area contributed by atoms with Gasteiger partial charge in [0.05, 0.1) is 18.2 Å². The van der Waals surface area contributed by atoms with Crippen molar-refractivity contribution in [3.8, 4) is 0 Å². The lowest BCUT2D eigenvalue weighted by Crippen LogP contribution is -2.50. The molecule has 0 fully saturated rings. The van der Waals surface area contributed by atoms with Crippen LogP contribution in [0.1, 0.15) is 27.7 Å². The van der Waals surface area contributed by atoms with Gasteiger partial charge < -0.3 is 15.4 Å². The van der Waals surface area contributed by atoms with Crippen LogP contribution < -0.4 is 10.6 Å². The fraction of sp³-hybridized carbons (Fsp3) is 0.636. The van der Waals surface area contributed by atoms with Gasteiger partial charge in [-0.2, -0.15) is 0 Å². The van der Waals surface area contributed by atoms with Crippen LogP contribution in [0.25, 0.3) is 0 Å². The lowest BCUT2D eigenvalue weighted by molar-refractivity contribution is -0.139. The van der Waals surface area contributed by atoms with E-state index in [1.54, 1.807) is 13.8 Å². The molecule has 0 aromatic rings. The summed E-state index contributed by atoms with van der Waals surface area (Å²) in [5.41, 5.74) is 1.16. The summed E-state index contributed by atoms with van der Waals surface area (Å²) in [7, 11) is 0. The van der Waals surface area contributed by atoms with Crippen LogP contribution in [0.3, 0.4) is 0 Å². The summed E-state index contributed by atoms with van der Waals surface area (Å²) >= 11 is 0. The monoisotopic (exact) mass is 226 g/mol. The first kappa shape index (κ1) is 12.5. The summed E-state index contributed by atoms with van der Waals surface area (Å²) in [6.07, 6.45) is 0.